The zero-order chi connectivity index (χ0) is 22.0. The number of nitrogens with one attached hydrogen (secondary N) is 1. The maximum Gasteiger partial charge on any atom is 0.414 e. The topological polar surface area (TPSA) is 61.9 Å². The molecule has 2 heterocycles. The molecule has 2 aromatic carbocycles. The van der Waals surface area contributed by atoms with Crippen LogP contribution < -0.4 is 10.2 Å². The number of anilines is 1. The van der Waals surface area contributed by atoms with Gasteiger partial charge in [-0.3, -0.25) is 14.6 Å². The van der Waals surface area contributed by atoms with Crippen LogP contribution in [0.3, 0.4) is 0 Å². The van der Waals surface area contributed by atoms with Crippen molar-refractivity contribution in [3.8, 4) is 0 Å². The average molecular weight is 422 g/mol. The largest absolute Gasteiger partial charge is 0.447 e. The second-order valence-corrected chi connectivity index (χ2v) is 9.46. The van der Waals surface area contributed by atoms with E-state index < -0.39 is 0 Å². The predicted octanol–water partition coefficient (Wildman–Crippen LogP) is 3.85. The molecule has 4 rings (SSSR count). The van der Waals surface area contributed by atoms with Crippen LogP contribution in [0.4, 0.5) is 10.5 Å². The number of nitrogens with zero attached hydrogens (tertiary/aromatic N) is 2. The number of cyclic esters (lactones) is 1. The molecule has 0 aromatic heterocycles. The molecule has 6 heteroatoms. The van der Waals surface area contributed by atoms with Crippen LogP contribution in [0.5, 0.6) is 0 Å². The summed E-state index contributed by atoms with van der Waals surface area (Å²) >= 11 is 0. The van der Waals surface area contributed by atoms with E-state index in [1.165, 1.54) is 11.1 Å². The number of amides is 2. The van der Waals surface area contributed by atoms with Crippen LogP contribution in [0, 0.1) is 5.41 Å². The minimum absolute atomic E-state index is 0.00864. The first kappa shape index (κ1) is 21.4. The molecule has 1 N–H and O–H groups in total. The molecule has 2 aromatic rings. The Kier molecular flexibility index (Phi) is 6.01. The molecule has 6 nitrogen and oxygen atoms in total. The van der Waals surface area contributed by atoms with E-state index in [9.17, 15) is 9.59 Å². The summed E-state index contributed by atoms with van der Waals surface area (Å²) in [6, 6.07) is 15.8. The summed E-state index contributed by atoms with van der Waals surface area (Å²) < 4.78 is 5.02. The predicted molar refractivity (Wildman–Crippen MR) is 121 cm³/mol. The van der Waals surface area contributed by atoms with E-state index in [1.807, 2.05) is 12.1 Å². The van der Waals surface area contributed by atoms with E-state index in [0.717, 1.165) is 26.1 Å². The number of hydrogen-bond donors (Lipinski definition) is 1. The zero-order valence-corrected chi connectivity index (χ0v) is 18.6. The third-order valence-corrected chi connectivity index (χ3v) is 6.18. The minimum atomic E-state index is -0.365. The van der Waals surface area contributed by atoms with Crippen LogP contribution in [0.2, 0.25) is 0 Å². The van der Waals surface area contributed by atoms with E-state index in [1.54, 1.807) is 17.0 Å². The normalized spacial score (nSPS) is 17.8. The molecule has 2 amide bonds. The lowest BCUT2D eigenvalue weighted by Crippen LogP contribution is -2.51. The van der Waals surface area contributed by atoms with Crippen LogP contribution in [-0.4, -0.2) is 49.2 Å². The molecule has 1 fully saturated rings. The summed E-state index contributed by atoms with van der Waals surface area (Å²) in [7, 11) is 0. The Labute approximate surface area is 184 Å². The van der Waals surface area contributed by atoms with Gasteiger partial charge < -0.3 is 10.1 Å². The molecule has 1 unspecified atom stereocenters. The fraction of sp³-hybridized carbons (Fsp3) is 0.440. The molecule has 2 aliphatic heterocycles. The van der Waals surface area contributed by atoms with Crippen LogP contribution in [0.25, 0.3) is 0 Å². The van der Waals surface area contributed by atoms with Gasteiger partial charge in [-0.1, -0.05) is 51.1 Å². The van der Waals surface area contributed by atoms with Crippen molar-refractivity contribution in [2.75, 3.05) is 31.1 Å². The molecule has 2 aliphatic rings. The molecule has 0 saturated carbocycles. The summed E-state index contributed by atoms with van der Waals surface area (Å²) in [5, 5.41) is 3.26. The fourth-order valence-electron chi connectivity index (χ4n) is 4.19. The number of benzene rings is 2. The molecule has 0 spiro atoms. The van der Waals surface area contributed by atoms with Crippen molar-refractivity contribution in [2.24, 2.45) is 5.41 Å². The molecule has 0 bridgehead atoms. The van der Waals surface area contributed by atoms with Gasteiger partial charge in [0.2, 0.25) is 0 Å². The Morgan fingerprint density at radius 1 is 1.10 bits per heavy atom. The Hall–Kier alpha value is -2.86. The number of carbonyl (C=O) groups is 2. The number of rotatable bonds is 5. The molecule has 164 valence electrons. The Morgan fingerprint density at radius 2 is 1.87 bits per heavy atom. The van der Waals surface area contributed by atoms with E-state index in [-0.39, 0.29) is 23.5 Å². The number of fused-ring (bicyclic) bond motifs is 1. The molecule has 1 saturated heterocycles. The van der Waals surface area contributed by atoms with Gasteiger partial charge in [0, 0.05) is 36.9 Å². The van der Waals surface area contributed by atoms with Gasteiger partial charge in [0.1, 0.15) is 6.61 Å². The van der Waals surface area contributed by atoms with E-state index >= 15 is 0 Å². The SMILES string of the molecule is CC(C)(C)C(CN1CCc2ccccc2C1)NC(=O)c1cccc(N2CCOC2=O)c1. The maximum atomic E-state index is 13.1. The Morgan fingerprint density at radius 3 is 2.58 bits per heavy atom. The van der Waals surface area contributed by atoms with E-state index in [4.69, 9.17) is 4.74 Å². The van der Waals surface area contributed by atoms with Crippen molar-refractivity contribution in [1.29, 1.82) is 0 Å². The summed E-state index contributed by atoms with van der Waals surface area (Å²) in [4.78, 5) is 29.0. The first-order valence-corrected chi connectivity index (χ1v) is 11.0. The van der Waals surface area contributed by atoms with Gasteiger partial charge >= 0.3 is 6.09 Å². The third-order valence-electron chi connectivity index (χ3n) is 6.18. The summed E-state index contributed by atoms with van der Waals surface area (Å²) in [6.07, 6.45) is 0.671. The maximum absolute atomic E-state index is 13.1. The zero-order valence-electron chi connectivity index (χ0n) is 18.6. The number of ether oxygens (including phenoxy) is 1. The van der Waals surface area contributed by atoms with Gasteiger partial charge in [0.15, 0.2) is 0 Å². The highest BCUT2D eigenvalue weighted by atomic mass is 16.6. The highest BCUT2D eigenvalue weighted by molar-refractivity contribution is 5.97. The molecule has 0 radical (unpaired) electrons. The smallest absolute Gasteiger partial charge is 0.414 e. The molecule has 1 atom stereocenters. The van der Waals surface area contributed by atoms with E-state index in [2.05, 4.69) is 55.3 Å². The fourth-order valence-corrected chi connectivity index (χ4v) is 4.19. The lowest BCUT2D eigenvalue weighted by atomic mass is 9.85. The van der Waals surface area contributed by atoms with Crippen molar-refractivity contribution in [3.05, 3.63) is 65.2 Å². The van der Waals surface area contributed by atoms with Gasteiger partial charge in [0.05, 0.1) is 6.54 Å². The summed E-state index contributed by atoms with van der Waals surface area (Å²) in [6.45, 7) is 10.1. The van der Waals surface area contributed by atoms with Gasteiger partial charge in [0.25, 0.3) is 5.91 Å². The van der Waals surface area contributed by atoms with Gasteiger partial charge in [-0.15, -0.1) is 0 Å². The average Bonchev–Trinajstić information content (AvgIpc) is 3.18. The van der Waals surface area contributed by atoms with Crippen molar-refractivity contribution in [1.82, 2.24) is 10.2 Å². The molecule has 31 heavy (non-hydrogen) atoms. The quantitative estimate of drug-likeness (QED) is 0.797. The number of carbonyl (C=O) groups excluding carboxylic acids is 2. The second kappa shape index (κ2) is 8.71. The van der Waals surface area contributed by atoms with Gasteiger partial charge in [-0.25, -0.2) is 4.79 Å². The third kappa shape index (κ3) is 4.90. The Bertz CT molecular complexity index is 966. The Balaban J connectivity index is 1.46. The first-order chi connectivity index (χ1) is 14.8. The molecular weight excluding hydrogens is 390 g/mol. The monoisotopic (exact) mass is 421 g/mol. The first-order valence-electron chi connectivity index (χ1n) is 11.0. The van der Waals surface area contributed by atoms with Gasteiger partial charge in [-0.2, -0.15) is 0 Å². The standard InChI is InChI=1S/C25H31N3O3/c1-25(2,3)22(17-27-12-11-18-7-4-5-8-20(18)16-27)26-23(29)19-9-6-10-21(15-19)28-13-14-31-24(28)30/h4-10,15,22H,11-14,16-17H2,1-3H3,(H,26,29). The second-order valence-electron chi connectivity index (χ2n) is 9.46. The van der Waals surface area contributed by atoms with Crippen LogP contribution in [-0.2, 0) is 17.7 Å². The van der Waals surface area contributed by atoms with E-state index in [0.29, 0.717) is 24.4 Å². The lowest BCUT2D eigenvalue weighted by molar-refractivity contribution is 0.0863. The summed E-state index contributed by atoms with van der Waals surface area (Å²) in [5.41, 5.74) is 3.94. The van der Waals surface area contributed by atoms with Gasteiger partial charge in [-0.05, 0) is 41.2 Å². The molecule has 0 aliphatic carbocycles. The highest BCUT2D eigenvalue weighted by Crippen LogP contribution is 2.25. The van der Waals surface area contributed by atoms with Crippen LogP contribution in [0.15, 0.2) is 48.5 Å². The van der Waals surface area contributed by atoms with Crippen molar-refractivity contribution < 1.29 is 14.3 Å². The highest BCUT2D eigenvalue weighted by Gasteiger charge is 2.30. The summed E-state index contributed by atoms with van der Waals surface area (Å²) in [5.74, 6) is -0.119. The van der Waals surface area contributed by atoms with Crippen molar-refractivity contribution >= 4 is 17.7 Å². The molecular formula is C25H31N3O3. The van der Waals surface area contributed by atoms with Crippen molar-refractivity contribution in [3.63, 3.8) is 0 Å². The van der Waals surface area contributed by atoms with Crippen LogP contribution >= 0.6 is 0 Å². The minimum Gasteiger partial charge on any atom is -0.447 e. The lowest BCUT2D eigenvalue weighted by Gasteiger charge is -2.38. The van der Waals surface area contributed by atoms with Crippen LogP contribution in [0.1, 0.15) is 42.3 Å². The number of hydrogen-bond acceptors (Lipinski definition) is 4. The van der Waals surface area contributed by atoms with Crippen molar-refractivity contribution in [2.45, 2.75) is 39.8 Å².